The van der Waals surface area contributed by atoms with Crippen LogP contribution < -0.4 is 10.5 Å². The zero-order valence-corrected chi connectivity index (χ0v) is 10.6. The molecule has 2 N–H and O–H groups in total. The molecule has 0 saturated heterocycles. The summed E-state index contributed by atoms with van der Waals surface area (Å²) in [5, 5.41) is 8.19. The van der Waals surface area contributed by atoms with Gasteiger partial charge in [0.05, 0.1) is 7.11 Å². The van der Waals surface area contributed by atoms with Gasteiger partial charge in [0.1, 0.15) is 26.4 Å². The maximum absolute atomic E-state index is 11.3. The first-order chi connectivity index (χ1) is 9.71. The lowest BCUT2D eigenvalue weighted by Gasteiger charge is -2.10. The molecule has 0 bridgehead atoms. The Balaban J connectivity index is 2.49. The predicted molar refractivity (Wildman–Crippen MR) is 67.2 cm³/mol. The van der Waals surface area contributed by atoms with Gasteiger partial charge in [-0.15, -0.1) is 0 Å². The highest BCUT2D eigenvalue weighted by molar-refractivity contribution is 5.75. The minimum Gasteiger partial charge on any atom is -0.490 e. The topological polar surface area (TPSA) is 94.6 Å². The van der Waals surface area contributed by atoms with Crippen molar-refractivity contribution >= 4 is 5.97 Å². The Bertz CT molecular complexity index is 458. The van der Waals surface area contributed by atoms with Gasteiger partial charge in [-0.25, -0.2) is 0 Å². The van der Waals surface area contributed by atoms with Crippen LogP contribution in [0.4, 0.5) is 0 Å². The van der Waals surface area contributed by atoms with Crippen LogP contribution in [0, 0.1) is 11.5 Å². The molecule has 6 nitrogen and oxygen atoms in total. The van der Waals surface area contributed by atoms with Gasteiger partial charge in [0.2, 0.25) is 0 Å². The van der Waals surface area contributed by atoms with Crippen molar-refractivity contribution in [1.29, 1.82) is 5.26 Å². The molecule has 0 radical (unpaired) electrons. The van der Waals surface area contributed by atoms with Crippen molar-refractivity contribution < 1.29 is 20.4 Å². The number of nitrogens with two attached hydrogens (primary N) is 1. The van der Waals surface area contributed by atoms with Crippen molar-refractivity contribution in [2.45, 2.75) is 12.5 Å². The molecular weight excluding hydrogens is 248 g/mol. The number of hydrogen-bond acceptors (Lipinski definition) is 6. The summed E-state index contributed by atoms with van der Waals surface area (Å²) in [7, 11) is 1.28. The number of benzene rings is 1. The zero-order chi connectivity index (χ0) is 14.8. The maximum Gasteiger partial charge on any atom is 0.322 e. The van der Waals surface area contributed by atoms with E-state index in [1.54, 1.807) is 30.5 Å². The molecule has 0 heterocycles. The van der Waals surface area contributed by atoms with Gasteiger partial charge in [-0.1, -0.05) is 12.1 Å². The quantitative estimate of drug-likeness (QED) is 0.420. The Morgan fingerprint density at radius 2 is 2.21 bits per heavy atom. The van der Waals surface area contributed by atoms with Gasteiger partial charge in [-0.2, -0.15) is 5.26 Å². The van der Waals surface area contributed by atoms with Gasteiger partial charge in [-0.05, 0) is 24.1 Å². The normalized spacial score (nSPS) is 11.9. The van der Waals surface area contributed by atoms with Crippen LogP contribution in [0.15, 0.2) is 24.3 Å². The Hall–Kier alpha value is -2.26. The highest BCUT2D eigenvalue weighted by Crippen LogP contribution is 2.13. The maximum atomic E-state index is 11.3. The van der Waals surface area contributed by atoms with E-state index < -0.39 is 12.0 Å². The molecular formula is C13H16N2O4. The van der Waals surface area contributed by atoms with E-state index in [2.05, 4.69) is 15.2 Å². The average molecular weight is 265 g/mol. The Kier molecular flexibility index (Phi) is 5.51. The highest BCUT2D eigenvalue weighted by Gasteiger charge is 2.13. The molecule has 19 heavy (non-hydrogen) atoms. The number of ether oxygens (including phenoxy) is 3. The third kappa shape index (κ3) is 5.27. The van der Waals surface area contributed by atoms with Crippen LogP contribution in [0.2, 0.25) is 1.41 Å². The smallest absolute Gasteiger partial charge is 0.322 e. The van der Waals surface area contributed by atoms with E-state index in [9.17, 15) is 4.79 Å². The number of nitriles is 1. The molecule has 0 saturated carbocycles. The molecule has 102 valence electrons. The summed E-state index contributed by atoms with van der Waals surface area (Å²) in [4.78, 5) is 11.3. The number of esters is 1. The monoisotopic (exact) mass is 265 g/mol. The number of rotatable bonds is 8. The number of carbonyl (C=O) groups excluding carboxylic acids is 1. The third-order valence-corrected chi connectivity index (χ3v) is 2.37. The minimum atomic E-state index is -0.698. The summed E-state index contributed by atoms with van der Waals surface area (Å²) in [6, 6.07) is 6.40. The molecule has 1 aromatic carbocycles. The lowest BCUT2D eigenvalue weighted by atomic mass is 10.1. The predicted octanol–water partition coefficient (Wildman–Crippen LogP) is 0.606. The lowest BCUT2D eigenvalue weighted by Crippen LogP contribution is -2.33. The first-order valence-electron chi connectivity index (χ1n) is 6.19. The zero-order valence-electron chi connectivity index (χ0n) is 11.6. The molecule has 1 rings (SSSR count). The molecule has 0 fully saturated rings. The average Bonchev–Trinajstić information content (AvgIpc) is 2.49. The van der Waals surface area contributed by atoms with Crippen LogP contribution in [0.3, 0.4) is 0 Å². The minimum absolute atomic E-state index is 0.200. The number of carbonyl (C=O) groups is 1. The van der Waals surface area contributed by atoms with E-state index in [0.717, 1.165) is 5.56 Å². The van der Waals surface area contributed by atoms with Gasteiger partial charge in [0.25, 0.3) is 6.26 Å². The number of nitrogens with zero attached hydrogens (tertiary/aromatic N) is 1. The second-order valence-corrected chi connectivity index (χ2v) is 3.71. The molecule has 0 aliphatic heterocycles. The summed E-state index contributed by atoms with van der Waals surface area (Å²) >= 11 is 0. The van der Waals surface area contributed by atoms with Crippen molar-refractivity contribution in [3.8, 4) is 12.0 Å². The van der Waals surface area contributed by atoms with Crippen LogP contribution in [0.5, 0.6) is 5.75 Å². The van der Waals surface area contributed by atoms with Crippen LogP contribution in [0.25, 0.3) is 0 Å². The number of methoxy groups -OCH3 is 1. The van der Waals surface area contributed by atoms with Crippen molar-refractivity contribution in [2.24, 2.45) is 5.73 Å². The molecule has 0 spiro atoms. The number of hydrogen-bond donors (Lipinski definition) is 1. The van der Waals surface area contributed by atoms with Crippen molar-refractivity contribution in [3.05, 3.63) is 29.8 Å². The largest absolute Gasteiger partial charge is 0.490 e. The van der Waals surface area contributed by atoms with E-state index in [-0.39, 0.29) is 13.2 Å². The summed E-state index contributed by atoms with van der Waals surface area (Å²) in [5.74, 6) is 0.165. The Morgan fingerprint density at radius 3 is 2.79 bits per heavy atom. The van der Waals surface area contributed by atoms with Crippen molar-refractivity contribution in [3.63, 3.8) is 0 Å². The van der Waals surface area contributed by atoms with E-state index in [0.29, 0.717) is 12.2 Å². The van der Waals surface area contributed by atoms with Crippen LogP contribution >= 0.6 is 0 Å². The van der Waals surface area contributed by atoms with Crippen LogP contribution in [-0.2, 0) is 20.7 Å². The summed E-state index contributed by atoms with van der Waals surface area (Å²) in [6.45, 7) is 0.484. The summed E-state index contributed by atoms with van der Waals surface area (Å²) < 4.78 is 21.5. The molecule has 0 aliphatic carbocycles. The van der Waals surface area contributed by atoms with E-state index in [1.165, 1.54) is 7.11 Å². The Labute approximate surface area is 113 Å². The van der Waals surface area contributed by atoms with Gasteiger partial charge < -0.3 is 19.9 Å². The van der Waals surface area contributed by atoms with Crippen LogP contribution in [0.1, 0.15) is 5.56 Å². The van der Waals surface area contributed by atoms with E-state index >= 15 is 0 Å². The van der Waals surface area contributed by atoms with Crippen LogP contribution in [-0.4, -0.2) is 32.3 Å². The second kappa shape index (κ2) is 7.95. The first-order valence-corrected chi connectivity index (χ1v) is 5.69. The second-order valence-electron chi connectivity index (χ2n) is 3.71. The fraction of sp³-hybridized carbons (Fsp3) is 0.385. The fourth-order valence-corrected chi connectivity index (χ4v) is 1.43. The molecule has 1 aromatic rings. The molecule has 6 heteroatoms. The lowest BCUT2D eigenvalue weighted by molar-refractivity contribution is -0.142. The molecule has 0 aliphatic rings. The van der Waals surface area contributed by atoms with Gasteiger partial charge in [0, 0.05) is 0 Å². The van der Waals surface area contributed by atoms with Gasteiger partial charge in [-0.3, -0.25) is 4.79 Å². The summed E-state index contributed by atoms with van der Waals surface area (Å²) in [5.41, 5.74) is 3.04. The van der Waals surface area contributed by atoms with Crippen molar-refractivity contribution in [2.75, 3.05) is 20.3 Å². The highest BCUT2D eigenvalue weighted by atomic mass is 16.5. The van der Waals surface area contributed by atoms with Gasteiger partial charge >= 0.3 is 5.97 Å². The van der Waals surface area contributed by atoms with Gasteiger partial charge in [0.15, 0.2) is 0 Å². The van der Waals surface area contributed by atoms with E-state index in [4.69, 9.17) is 11.4 Å². The molecule has 0 unspecified atom stereocenters. The van der Waals surface area contributed by atoms with E-state index in [1.807, 2.05) is 0 Å². The molecule has 1 atom stereocenters. The standard InChI is InChI=1S/C13H16N2O4/c1-17-13(16)12(15)8-10-2-4-11(5-3-10)19-7-6-18-9-14/h2-5,12H,6-8,15H2,1H3/t12-/m0/s1/i/hD. The first kappa shape index (κ1) is 13.2. The Morgan fingerprint density at radius 1 is 1.47 bits per heavy atom. The molecule has 0 amide bonds. The van der Waals surface area contributed by atoms with Crippen molar-refractivity contribution in [1.82, 2.24) is 0 Å². The third-order valence-electron chi connectivity index (χ3n) is 2.37. The fourth-order valence-electron chi connectivity index (χ4n) is 1.43. The molecule has 0 aromatic heterocycles. The SMILES string of the molecule is [2H]N[C@@H](Cc1ccc(OCCOC#N)cc1)C(=O)OC. The summed E-state index contributed by atoms with van der Waals surface area (Å²) in [6.07, 6.45) is 1.91.